The van der Waals surface area contributed by atoms with Gasteiger partial charge in [-0.15, -0.1) is 11.8 Å². The summed E-state index contributed by atoms with van der Waals surface area (Å²) in [7, 11) is 0. The lowest BCUT2D eigenvalue weighted by atomic mass is 10.2. The number of amides is 1. The molecule has 0 spiro atoms. The van der Waals surface area contributed by atoms with Crippen molar-refractivity contribution < 1.29 is 19.0 Å². The van der Waals surface area contributed by atoms with Crippen molar-refractivity contribution in [3.8, 4) is 5.75 Å². The lowest BCUT2D eigenvalue weighted by Gasteiger charge is -2.11. The van der Waals surface area contributed by atoms with E-state index in [1.807, 2.05) is 18.2 Å². The first kappa shape index (κ1) is 18.3. The molecule has 0 atom stereocenters. The van der Waals surface area contributed by atoms with Crippen LogP contribution < -0.4 is 10.1 Å². The first-order chi connectivity index (χ1) is 11.7. The fraction of sp³-hybridized carbons (Fsp3) is 0.278. The van der Waals surface area contributed by atoms with Crippen LogP contribution in [0.1, 0.15) is 12.0 Å². The number of benzene rings is 2. The zero-order chi connectivity index (χ0) is 17.2. The summed E-state index contributed by atoms with van der Waals surface area (Å²) in [6.45, 7) is 0.503. The van der Waals surface area contributed by atoms with Gasteiger partial charge in [-0.25, -0.2) is 4.39 Å². The van der Waals surface area contributed by atoms with Gasteiger partial charge in [-0.2, -0.15) is 0 Å². The topological polar surface area (TPSA) is 58.6 Å². The summed E-state index contributed by atoms with van der Waals surface area (Å²) in [6.07, 6.45) is 0.304. The normalized spacial score (nSPS) is 10.4. The Morgan fingerprint density at radius 2 is 1.92 bits per heavy atom. The van der Waals surface area contributed by atoms with Crippen LogP contribution in [0.5, 0.6) is 5.75 Å². The van der Waals surface area contributed by atoms with Gasteiger partial charge in [-0.1, -0.05) is 30.3 Å². The molecule has 128 valence electrons. The third-order valence-corrected chi connectivity index (χ3v) is 4.27. The van der Waals surface area contributed by atoms with Gasteiger partial charge in [0.25, 0.3) is 0 Å². The van der Waals surface area contributed by atoms with Crippen LogP contribution in [0.3, 0.4) is 0 Å². The van der Waals surface area contributed by atoms with E-state index in [1.165, 1.54) is 17.8 Å². The number of nitrogens with one attached hydrogen (secondary N) is 1. The molecule has 0 saturated heterocycles. The molecule has 0 aliphatic carbocycles. The average molecular weight is 349 g/mol. The molecule has 2 N–H and O–H groups in total. The third-order valence-electron chi connectivity index (χ3n) is 3.22. The highest BCUT2D eigenvalue weighted by atomic mass is 32.2. The Bertz CT molecular complexity index is 666. The Morgan fingerprint density at radius 3 is 2.71 bits per heavy atom. The van der Waals surface area contributed by atoms with Gasteiger partial charge in [-0.3, -0.25) is 4.79 Å². The molecule has 0 aliphatic heterocycles. The van der Waals surface area contributed by atoms with E-state index in [0.717, 1.165) is 5.56 Å². The van der Waals surface area contributed by atoms with Gasteiger partial charge in [-0.05, 0) is 18.2 Å². The van der Waals surface area contributed by atoms with Crippen molar-refractivity contribution in [1.29, 1.82) is 0 Å². The summed E-state index contributed by atoms with van der Waals surface area (Å²) in [5, 5.41) is 11.7. The number of carbonyl (C=O) groups excluding carboxylic acids is 1. The van der Waals surface area contributed by atoms with E-state index >= 15 is 0 Å². The minimum Gasteiger partial charge on any atom is -0.491 e. The first-order valence-corrected chi connectivity index (χ1v) is 8.65. The predicted molar refractivity (Wildman–Crippen MR) is 92.6 cm³/mol. The predicted octanol–water partition coefficient (Wildman–Crippen LogP) is 3.00. The fourth-order valence-corrected chi connectivity index (χ4v) is 2.93. The molecule has 24 heavy (non-hydrogen) atoms. The average Bonchev–Trinajstić information content (AvgIpc) is 2.60. The first-order valence-electron chi connectivity index (χ1n) is 7.66. The number of aliphatic hydroxyl groups excluding tert-OH is 1. The Kier molecular flexibility index (Phi) is 7.58. The molecular formula is C18H20FNO3S. The number of hydrogen-bond acceptors (Lipinski definition) is 4. The van der Waals surface area contributed by atoms with Gasteiger partial charge < -0.3 is 15.2 Å². The maximum absolute atomic E-state index is 13.5. The molecule has 4 nitrogen and oxygen atoms in total. The van der Waals surface area contributed by atoms with Gasteiger partial charge in [0, 0.05) is 29.2 Å². The Labute approximate surface area is 145 Å². The molecule has 0 aromatic heterocycles. The number of thioether (sulfide) groups is 1. The zero-order valence-corrected chi connectivity index (χ0v) is 14.0. The fourth-order valence-electron chi connectivity index (χ4n) is 2.04. The number of hydrogen-bond donors (Lipinski definition) is 2. The lowest BCUT2D eigenvalue weighted by molar-refractivity contribution is -0.120. The largest absolute Gasteiger partial charge is 0.491 e. The van der Waals surface area contributed by atoms with Crippen molar-refractivity contribution in [1.82, 2.24) is 5.32 Å². The van der Waals surface area contributed by atoms with E-state index in [0.29, 0.717) is 29.4 Å². The Morgan fingerprint density at radius 1 is 1.17 bits per heavy atom. The molecule has 0 heterocycles. The Hall–Kier alpha value is -2.05. The minimum atomic E-state index is -0.266. The van der Waals surface area contributed by atoms with Crippen molar-refractivity contribution in [2.75, 3.05) is 19.0 Å². The summed E-state index contributed by atoms with van der Waals surface area (Å²) in [5.41, 5.74) is 0.848. The van der Waals surface area contributed by atoms with E-state index < -0.39 is 0 Å². The van der Waals surface area contributed by atoms with Gasteiger partial charge in [0.2, 0.25) is 5.91 Å². The quantitative estimate of drug-likeness (QED) is 0.684. The zero-order valence-electron chi connectivity index (χ0n) is 13.2. The van der Waals surface area contributed by atoms with E-state index in [9.17, 15) is 9.18 Å². The van der Waals surface area contributed by atoms with Crippen LogP contribution in [0.4, 0.5) is 4.39 Å². The highest BCUT2D eigenvalue weighted by Crippen LogP contribution is 2.22. The number of para-hydroxylation sites is 1. The molecular weight excluding hydrogens is 329 g/mol. The molecule has 2 rings (SSSR count). The number of rotatable bonds is 9. The number of carbonyl (C=O) groups is 1. The molecule has 2 aromatic rings. The van der Waals surface area contributed by atoms with Crippen molar-refractivity contribution in [3.63, 3.8) is 0 Å². The summed E-state index contributed by atoms with van der Waals surface area (Å²) >= 11 is 1.32. The maximum Gasteiger partial charge on any atom is 0.221 e. The smallest absolute Gasteiger partial charge is 0.221 e. The molecule has 1 amide bonds. The van der Waals surface area contributed by atoms with Crippen LogP contribution in [0.15, 0.2) is 53.4 Å². The number of halogens is 1. The van der Waals surface area contributed by atoms with E-state index in [2.05, 4.69) is 5.32 Å². The molecule has 0 unspecified atom stereocenters. The third kappa shape index (κ3) is 5.86. The van der Waals surface area contributed by atoms with Crippen LogP contribution in [0, 0.1) is 5.82 Å². The second kappa shape index (κ2) is 9.95. The summed E-state index contributed by atoms with van der Waals surface area (Å²) in [5.74, 6) is 0.788. The molecule has 0 bridgehead atoms. The van der Waals surface area contributed by atoms with Gasteiger partial charge in [0.15, 0.2) is 0 Å². The number of aliphatic hydroxyl groups is 1. The van der Waals surface area contributed by atoms with Crippen molar-refractivity contribution in [2.24, 2.45) is 0 Å². The highest BCUT2D eigenvalue weighted by molar-refractivity contribution is 7.99. The van der Waals surface area contributed by atoms with Crippen molar-refractivity contribution >= 4 is 17.7 Å². The summed E-state index contributed by atoms with van der Waals surface area (Å²) in [6, 6.07) is 13.9. The summed E-state index contributed by atoms with van der Waals surface area (Å²) < 4.78 is 18.9. The van der Waals surface area contributed by atoms with E-state index in [-0.39, 0.29) is 24.9 Å². The minimum absolute atomic E-state index is 0.0615. The van der Waals surface area contributed by atoms with Crippen molar-refractivity contribution in [2.45, 2.75) is 17.9 Å². The molecule has 0 saturated carbocycles. The van der Waals surface area contributed by atoms with Gasteiger partial charge >= 0.3 is 0 Å². The lowest BCUT2D eigenvalue weighted by Crippen LogP contribution is -2.23. The van der Waals surface area contributed by atoms with E-state index in [1.54, 1.807) is 24.3 Å². The monoisotopic (exact) mass is 349 g/mol. The van der Waals surface area contributed by atoms with Gasteiger partial charge in [0.05, 0.1) is 6.61 Å². The van der Waals surface area contributed by atoms with Crippen LogP contribution >= 0.6 is 11.8 Å². The molecule has 2 aromatic carbocycles. The van der Waals surface area contributed by atoms with Crippen LogP contribution in [-0.4, -0.2) is 30.0 Å². The molecule has 0 aliphatic rings. The standard InChI is InChI=1S/C18H20FNO3S/c19-15-6-2-4-8-17(15)24-12-9-18(22)20-13-14-5-1-3-7-16(14)23-11-10-21/h1-8,21H,9-13H2,(H,20,22). The second-order valence-electron chi connectivity index (χ2n) is 4.99. The van der Waals surface area contributed by atoms with Crippen LogP contribution in [-0.2, 0) is 11.3 Å². The SMILES string of the molecule is O=C(CCSc1ccccc1F)NCc1ccccc1OCCO. The van der Waals surface area contributed by atoms with Crippen LogP contribution in [0.2, 0.25) is 0 Å². The number of ether oxygens (including phenoxy) is 1. The molecule has 0 radical (unpaired) electrons. The Balaban J connectivity index is 1.76. The second-order valence-corrected chi connectivity index (χ2v) is 6.12. The summed E-state index contributed by atoms with van der Waals surface area (Å²) in [4.78, 5) is 12.5. The van der Waals surface area contributed by atoms with Crippen LogP contribution in [0.25, 0.3) is 0 Å². The van der Waals surface area contributed by atoms with Gasteiger partial charge in [0.1, 0.15) is 18.2 Å². The molecule has 6 heteroatoms. The van der Waals surface area contributed by atoms with Crippen molar-refractivity contribution in [3.05, 3.63) is 59.9 Å². The van der Waals surface area contributed by atoms with E-state index in [4.69, 9.17) is 9.84 Å². The highest BCUT2D eigenvalue weighted by Gasteiger charge is 2.07. The molecule has 0 fully saturated rings. The maximum atomic E-state index is 13.5.